The van der Waals surface area contributed by atoms with E-state index in [4.69, 9.17) is 23.2 Å². The fourth-order valence-corrected chi connectivity index (χ4v) is 3.90. The minimum atomic E-state index is -0.217. The molecule has 0 bridgehead atoms. The highest BCUT2D eigenvalue weighted by atomic mass is 79.9. The van der Waals surface area contributed by atoms with Crippen molar-refractivity contribution in [2.24, 2.45) is 0 Å². The van der Waals surface area contributed by atoms with Gasteiger partial charge in [-0.3, -0.25) is 14.2 Å². The Morgan fingerprint density at radius 2 is 1.69 bits per heavy atom. The molecule has 0 atom stereocenters. The van der Waals surface area contributed by atoms with Crippen LogP contribution in [0.25, 0.3) is 0 Å². The van der Waals surface area contributed by atoms with E-state index >= 15 is 0 Å². The first kappa shape index (κ1) is 22.6. The molecule has 32 heavy (non-hydrogen) atoms. The van der Waals surface area contributed by atoms with Crippen molar-refractivity contribution in [2.75, 3.05) is 5.32 Å². The molecular weight excluding hydrogens is 513 g/mol. The van der Waals surface area contributed by atoms with Crippen molar-refractivity contribution >= 4 is 50.9 Å². The summed E-state index contributed by atoms with van der Waals surface area (Å²) in [6.45, 7) is 5.14. The van der Waals surface area contributed by atoms with Crippen molar-refractivity contribution in [3.63, 3.8) is 0 Å². The van der Waals surface area contributed by atoms with Crippen LogP contribution in [-0.2, 0) is 13.1 Å². The monoisotopic (exact) mass is 531 g/mol. The van der Waals surface area contributed by atoms with Gasteiger partial charge in [0.05, 0.1) is 39.0 Å². The molecule has 1 N–H and O–H groups in total. The molecule has 6 nitrogen and oxygen atoms in total. The molecule has 0 aliphatic rings. The zero-order valence-corrected chi connectivity index (χ0v) is 20.5. The van der Waals surface area contributed by atoms with Gasteiger partial charge < -0.3 is 5.32 Å². The third-order valence-corrected chi connectivity index (χ3v) is 6.94. The van der Waals surface area contributed by atoms with Crippen molar-refractivity contribution in [1.82, 2.24) is 19.6 Å². The first-order valence-corrected chi connectivity index (χ1v) is 11.4. The Morgan fingerprint density at radius 1 is 0.969 bits per heavy atom. The van der Waals surface area contributed by atoms with Crippen LogP contribution in [0.5, 0.6) is 0 Å². The smallest absolute Gasteiger partial charge is 0.256 e. The summed E-state index contributed by atoms with van der Waals surface area (Å²) >= 11 is 15.6. The summed E-state index contributed by atoms with van der Waals surface area (Å²) in [5.74, 6) is 0.261. The number of hydrogen-bond donors (Lipinski definition) is 1. The number of hydrogen-bond acceptors (Lipinski definition) is 3. The number of rotatable bonds is 6. The number of carbonyl (C=O) groups is 1. The lowest BCUT2D eigenvalue weighted by Gasteiger charge is -2.07. The van der Waals surface area contributed by atoms with Crippen molar-refractivity contribution in [3.8, 4) is 0 Å². The maximum absolute atomic E-state index is 12.6. The molecule has 2 aromatic carbocycles. The SMILES string of the molecule is Cc1nn(Cc2ccc(C(=O)Nc3ccn(Cc4ccc(Cl)c(Cl)c4)n3)cc2)c(C)c1Br. The van der Waals surface area contributed by atoms with Crippen molar-refractivity contribution in [1.29, 1.82) is 0 Å². The molecular formula is C23H20BrCl2N5O. The molecule has 164 valence electrons. The van der Waals surface area contributed by atoms with Crippen molar-refractivity contribution < 1.29 is 4.79 Å². The number of carbonyl (C=O) groups excluding carboxylic acids is 1. The third kappa shape index (κ3) is 5.06. The van der Waals surface area contributed by atoms with Gasteiger partial charge in [-0.2, -0.15) is 10.2 Å². The molecule has 0 fully saturated rings. The molecule has 0 spiro atoms. The molecule has 9 heteroatoms. The van der Waals surface area contributed by atoms with Crippen molar-refractivity contribution in [2.45, 2.75) is 26.9 Å². The molecule has 0 saturated carbocycles. The predicted molar refractivity (Wildman–Crippen MR) is 131 cm³/mol. The Morgan fingerprint density at radius 3 is 2.34 bits per heavy atom. The summed E-state index contributed by atoms with van der Waals surface area (Å²) in [5, 5.41) is 12.8. The predicted octanol–water partition coefficient (Wildman–Crippen LogP) is 6.11. The van der Waals surface area contributed by atoms with E-state index in [0.717, 1.165) is 27.0 Å². The van der Waals surface area contributed by atoms with E-state index in [9.17, 15) is 4.79 Å². The number of benzene rings is 2. The molecule has 0 aliphatic heterocycles. The number of nitrogens with zero attached hydrogens (tertiary/aromatic N) is 4. The summed E-state index contributed by atoms with van der Waals surface area (Å²) < 4.78 is 4.69. The average Bonchev–Trinajstić information content (AvgIpc) is 3.30. The highest BCUT2D eigenvalue weighted by Crippen LogP contribution is 2.23. The second-order valence-electron chi connectivity index (χ2n) is 7.44. The van der Waals surface area contributed by atoms with Gasteiger partial charge in [-0.05, 0) is 65.2 Å². The molecule has 0 unspecified atom stereocenters. The normalized spacial score (nSPS) is 11.0. The highest BCUT2D eigenvalue weighted by molar-refractivity contribution is 9.10. The lowest BCUT2D eigenvalue weighted by Crippen LogP contribution is -2.13. The summed E-state index contributed by atoms with van der Waals surface area (Å²) in [4.78, 5) is 12.6. The second-order valence-corrected chi connectivity index (χ2v) is 9.05. The van der Waals surface area contributed by atoms with Crippen LogP contribution >= 0.6 is 39.1 Å². The molecule has 4 aromatic rings. The number of amides is 1. The highest BCUT2D eigenvalue weighted by Gasteiger charge is 2.11. The van der Waals surface area contributed by atoms with Crippen LogP contribution in [0, 0.1) is 13.8 Å². The first-order chi connectivity index (χ1) is 15.3. The molecule has 4 rings (SSSR count). The zero-order chi connectivity index (χ0) is 22.8. The molecule has 0 radical (unpaired) electrons. The quantitative estimate of drug-likeness (QED) is 0.325. The number of aromatic nitrogens is 4. The van der Waals surface area contributed by atoms with Crippen LogP contribution in [-0.4, -0.2) is 25.5 Å². The topological polar surface area (TPSA) is 64.7 Å². The maximum Gasteiger partial charge on any atom is 0.256 e. The number of nitrogens with one attached hydrogen (secondary N) is 1. The first-order valence-electron chi connectivity index (χ1n) is 9.87. The van der Waals surface area contributed by atoms with E-state index in [1.807, 2.05) is 36.7 Å². The van der Waals surface area contributed by atoms with E-state index in [1.165, 1.54) is 0 Å². The maximum atomic E-state index is 12.6. The summed E-state index contributed by atoms with van der Waals surface area (Å²) in [6, 6.07) is 14.7. The van der Waals surface area contributed by atoms with Gasteiger partial charge in [0.1, 0.15) is 0 Å². The van der Waals surface area contributed by atoms with Gasteiger partial charge in [-0.25, -0.2) is 0 Å². The molecule has 2 heterocycles. The van der Waals surface area contributed by atoms with Gasteiger partial charge in [-0.1, -0.05) is 41.4 Å². The lowest BCUT2D eigenvalue weighted by atomic mass is 10.1. The van der Waals surface area contributed by atoms with Crippen molar-refractivity contribution in [3.05, 3.63) is 97.3 Å². The van der Waals surface area contributed by atoms with Gasteiger partial charge in [-0.15, -0.1) is 0 Å². The Bertz CT molecular complexity index is 1280. The van der Waals surface area contributed by atoms with Gasteiger partial charge in [0.2, 0.25) is 0 Å². The van der Waals surface area contributed by atoms with E-state index in [0.29, 0.717) is 34.5 Å². The molecule has 0 saturated heterocycles. The van der Waals surface area contributed by atoms with Crippen LogP contribution in [0.15, 0.2) is 59.2 Å². The Labute approximate surface area is 204 Å². The van der Waals surface area contributed by atoms with Crippen LogP contribution in [0.2, 0.25) is 10.0 Å². The molecule has 0 aliphatic carbocycles. The number of halogens is 3. The van der Waals surface area contributed by atoms with E-state index < -0.39 is 0 Å². The van der Waals surface area contributed by atoms with Crippen LogP contribution in [0.1, 0.15) is 32.9 Å². The van der Waals surface area contributed by atoms with E-state index in [-0.39, 0.29) is 5.91 Å². The minimum absolute atomic E-state index is 0.217. The Kier molecular flexibility index (Phi) is 6.69. The van der Waals surface area contributed by atoms with Crippen LogP contribution < -0.4 is 5.32 Å². The van der Waals surface area contributed by atoms with Gasteiger partial charge in [0, 0.05) is 17.8 Å². The largest absolute Gasteiger partial charge is 0.305 e. The number of anilines is 1. The standard InChI is InChI=1S/C23H20BrCl2N5O/c1-14-22(24)15(2)31(28-14)13-16-3-6-18(7-4-16)23(32)27-21-9-10-30(29-21)12-17-5-8-19(25)20(26)11-17/h3-11H,12-13H2,1-2H3,(H,27,29,32). The third-order valence-electron chi connectivity index (χ3n) is 5.05. The minimum Gasteiger partial charge on any atom is -0.305 e. The van der Waals surface area contributed by atoms with E-state index in [1.54, 1.807) is 41.2 Å². The summed E-state index contributed by atoms with van der Waals surface area (Å²) in [7, 11) is 0. The van der Waals surface area contributed by atoms with Crippen LogP contribution in [0.3, 0.4) is 0 Å². The molecule has 2 aromatic heterocycles. The van der Waals surface area contributed by atoms with Gasteiger partial charge >= 0.3 is 0 Å². The lowest BCUT2D eigenvalue weighted by molar-refractivity contribution is 0.102. The fraction of sp³-hybridized carbons (Fsp3) is 0.174. The summed E-state index contributed by atoms with van der Waals surface area (Å²) in [5.41, 5.74) is 4.61. The van der Waals surface area contributed by atoms with Crippen LogP contribution in [0.4, 0.5) is 5.82 Å². The summed E-state index contributed by atoms with van der Waals surface area (Å²) in [6.07, 6.45) is 1.80. The zero-order valence-electron chi connectivity index (χ0n) is 17.4. The number of aryl methyl sites for hydroxylation is 1. The Balaban J connectivity index is 1.38. The second kappa shape index (κ2) is 9.48. The van der Waals surface area contributed by atoms with Gasteiger partial charge in [0.25, 0.3) is 5.91 Å². The average molecular weight is 533 g/mol. The van der Waals surface area contributed by atoms with Gasteiger partial charge in [0.15, 0.2) is 5.82 Å². The Hall–Kier alpha value is -2.61. The molecule has 1 amide bonds. The van der Waals surface area contributed by atoms with E-state index in [2.05, 4.69) is 31.4 Å². The fourth-order valence-electron chi connectivity index (χ4n) is 3.29.